The molecule has 2 spiro atoms. The summed E-state index contributed by atoms with van der Waals surface area (Å²) >= 11 is 0. The Morgan fingerprint density at radius 3 is 1.26 bits per heavy atom. The maximum atomic E-state index is 5.72. The normalized spacial score (nSPS) is 16.6. The van der Waals surface area contributed by atoms with Gasteiger partial charge in [-0.2, -0.15) is 9.97 Å². The van der Waals surface area contributed by atoms with Crippen LogP contribution in [0.5, 0.6) is 0 Å². The monoisotopic (exact) mass is 976 g/mol. The molecular formula is C73H44N4. The van der Waals surface area contributed by atoms with Gasteiger partial charge in [0.25, 0.3) is 0 Å². The van der Waals surface area contributed by atoms with E-state index in [-0.39, 0.29) is 6.04 Å². The lowest BCUT2D eigenvalue weighted by molar-refractivity contribution is 0.766. The first-order chi connectivity index (χ1) is 38.2. The molecule has 4 nitrogen and oxygen atoms in total. The molecule has 1 aromatic heterocycles. The van der Waals surface area contributed by atoms with Crippen LogP contribution in [0.4, 0.5) is 11.6 Å². The molecule has 4 heteroatoms. The number of benzene rings is 11. The molecule has 0 N–H and O–H groups in total. The zero-order valence-electron chi connectivity index (χ0n) is 41.7. The van der Waals surface area contributed by atoms with Gasteiger partial charge in [-0.25, -0.2) is 4.98 Å². The number of fused-ring (bicyclic) bond motifs is 24. The quantitative estimate of drug-likeness (QED) is 0.177. The predicted octanol–water partition coefficient (Wildman–Crippen LogP) is 16.9. The van der Waals surface area contributed by atoms with E-state index in [1.807, 2.05) is 0 Å². The van der Waals surface area contributed by atoms with Crippen molar-refractivity contribution < 1.29 is 0 Å². The first kappa shape index (κ1) is 41.6. The topological polar surface area (TPSA) is 41.9 Å². The van der Waals surface area contributed by atoms with Gasteiger partial charge >= 0.3 is 0 Å². The van der Waals surface area contributed by atoms with Crippen LogP contribution < -0.4 is 4.90 Å². The number of allylic oxidation sites excluding steroid dienone is 2. The summed E-state index contributed by atoms with van der Waals surface area (Å²) in [5.41, 5.74) is 25.7. The highest BCUT2D eigenvalue weighted by molar-refractivity contribution is 6.06. The summed E-state index contributed by atoms with van der Waals surface area (Å²) in [6.45, 7) is 0. The van der Waals surface area contributed by atoms with Crippen LogP contribution in [-0.2, 0) is 10.8 Å². The van der Waals surface area contributed by atoms with Crippen LogP contribution in [0, 0.1) is 0 Å². The van der Waals surface area contributed by atoms with E-state index < -0.39 is 10.8 Å². The Balaban J connectivity index is 0.952. The summed E-state index contributed by atoms with van der Waals surface area (Å²) in [5, 5.41) is 4.49. The summed E-state index contributed by atoms with van der Waals surface area (Å²) in [6.07, 6.45) is 3.38. The smallest absolute Gasteiger partial charge is 0.234 e. The first-order valence-corrected chi connectivity index (χ1v) is 26.9. The zero-order valence-corrected chi connectivity index (χ0v) is 41.7. The van der Waals surface area contributed by atoms with Crippen molar-refractivity contribution in [2.45, 2.75) is 23.3 Å². The van der Waals surface area contributed by atoms with Crippen LogP contribution in [0.2, 0.25) is 0 Å². The van der Waals surface area contributed by atoms with Gasteiger partial charge in [0.15, 0.2) is 11.6 Å². The van der Waals surface area contributed by atoms with Crippen molar-refractivity contribution >= 4 is 44.3 Å². The maximum Gasteiger partial charge on any atom is 0.234 e. The number of anilines is 2. The van der Waals surface area contributed by atoms with Crippen molar-refractivity contribution in [2.24, 2.45) is 0 Å². The zero-order chi connectivity index (χ0) is 50.1. The number of aromatic nitrogens is 3. The lowest BCUT2D eigenvalue weighted by Gasteiger charge is -2.34. The van der Waals surface area contributed by atoms with Gasteiger partial charge < -0.3 is 4.90 Å². The molecule has 6 aliphatic rings. The Kier molecular flexibility index (Phi) is 8.08. The van der Waals surface area contributed by atoms with Gasteiger partial charge in [0, 0.05) is 16.7 Å². The number of hydrogen-bond donors (Lipinski definition) is 0. The second-order valence-corrected chi connectivity index (χ2v) is 21.6. The van der Waals surface area contributed by atoms with Gasteiger partial charge in [-0.3, -0.25) is 0 Å². The second kappa shape index (κ2) is 15.0. The van der Waals surface area contributed by atoms with Crippen LogP contribution >= 0.6 is 0 Å². The molecule has 356 valence electrons. The third kappa shape index (κ3) is 5.15. The van der Waals surface area contributed by atoms with Crippen molar-refractivity contribution in [3.8, 4) is 56.2 Å². The average Bonchev–Trinajstić information content (AvgIpc) is 4.40. The van der Waals surface area contributed by atoms with E-state index in [9.17, 15) is 0 Å². The van der Waals surface area contributed by atoms with E-state index >= 15 is 0 Å². The Morgan fingerprint density at radius 2 is 0.740 bits per heavy atom. The molecular weight excluding hydrogens is 933 g/mol. The van der Waals surface area contributed by atoms with Gasteiger partial charge in [-0.05, 0) is 135 Å². The molecule has 0 fully saturated rings. The van der Waals surface area contributed by atoms with Gasteiger partial charge in [-0.1, -0.05) is 237 Å². The van der Waals surface area contributed by atoms with E-state index in [1.165, 1.54) is 100 Å². The number of nitrogens with zero attached hydrogens (tertiary/aromatic N) is 4. The van der Waals surface area contributed by atoms with Crippen molar-refractivity contribution in [1.82, 2.24) is 15.0 Å². The molecule has 0 amide bonds. The molecule has 2 heterocycles. The molecule has 0 saturated heterocycles. The average molecular weight is 977 g/mol. The van der Waals surface area contributed by atoms with Crippen molar-refractivity contribution in [3.63, 3.8) is 0 Å². The van der Waals surface area contributed by atoms with E-state index in [4.69, 9.17) is 15.0 Å². The fourth-order valence-corrected chi connectivity index (χ4v) is 15.4. The SMILES string of the molecule is C1=C2c3cc4c(cc3N(c3nc(-c5cccc6ccccc56)nc(-c5cccc6ccccc56)n3)C2CC2=C1C1(c3ccccc32)c2ccccc2-c2ccccc21)-c1ccccc1C41c2ccccc2-c2ccccc21. The second-order valence-electron chi connectivity index (χ2n) is 21.6. The van der Waals surface area contributed by atoms with E-state index in [0.29, 0.717) is 17.6 Å². The molecule has 1 aliphatic heterocycles. The van der Waals surface area contributed by atoms with Gasteiger partial charge in [0.1, 0.15) is 0 Å². The van der Waals surface area contributed by atoms with Crippen LogP contribution in [0.3, 0.4) is 0 Å². The van der Waals surface area contributed by atoms with Crippen LogP contribution in [0.25, 0.3) is 88.8 Å². The molecule has 11 aromatic carbocycles. The molecule has 18 rings (SSSR count). The third-order valence-corrected chi connectivity index (χ3v) is 18.3. The molecule has 77 heavy (non-hydrogen) atoms. The van der Waals surface area contributed by atoms with E-state index in [1.54, 1.807) is 0 Å². The van der Waals surface area contributed by atoms with E-state index in [0.717, 1.165) is 44.8 Å². The maximum absolute atomic E-state index is 5.72. The molecule has 1 unspecified atom stereocenters. The summed E-state index contributed by atoms with van der Waals surface area (Å²) < 4.78 is 0. The van der Waals surface area contributed by atoms with Gasteiger partial charge in [-0.15, -0.1) is 0 Å². The Morgan fingerprint density at radius 1 is 0.338 bits per heavy atom. The molecule has 5 aliphatic carbocycles. The largest absolute Gasteiger partial charge is 0.302 e. The fraction of sp³-hybridized carbons (Fsp3) is 0.0548. The van der Waals surface area contributed by atoms with Crippen molar-refractivity contribution in [1.29, 1.82) is 0 Å². The summed E-state index contributed by atoms with van der Waals surface area (Å²) in [6, 6.07) is 90.0. The van der Waals surface area contributed by atoms with Crippen molar-refractivity contribution in [3.05, 3.63) is 304 Å². The van der Waals surface area contributed by atoms with Crippen molar-refractivity contribution in [2.75, 3.05) is 4.90 Å². The lowest BCUT2D eigenvalue weighted by Crippen LogP contribution is -2.32. The number of hydrogen-bond acceptors (Lipinski definition) is 4. The highest BCUT2D eigenvalue weighted by atomic mass is 15.3. The first-order valence-electron chi connectivity index (χ1n) is 26.9. The highest BCUT2D eigenvalue weighted by Crippen LogP contribution is 2.68. The minimum atomic E-state index is -0.513. The Bertz CT molecular complexity index is 4510. The standard InChI is InChI=1S/C73H44N4/c1-3-23-45-43(19-1)21-17-31-53(45)69-74-70(54-32-18-22-44-20-2-4-24-46(44)54)76-71(75-69)77-67-41-55-51-29-9-15-37-63(51)72(59-33-11-5-25-47(59)48-26-6-12-34-60(48)72)65(55)39-57(67)58-40-66-56(42-68(58)77)52-30-10-16-38-64(52)73(66)61-35-13-7-27-49(61)50-28-8-14-36-62(50)73/h1-41,68H,42H2. The Labute approximate surface area is 445 Å². The summed E-state index contributed by atoms with van der Waals surface area (Å²) in [7, 11) is 0. The molecule has 0 radical (unpaired) electrons. The third-order valence-electron chi connectivity index (χ3n) is 18.3. The lowest BCUT2D eigenvalue weighted by atomic mass is 9.68. The van der Waals surface area contributed by atoms with Gasteiger partial charge in [0.2, 0.25) is 5.95 Å². The van der Waals surface area contributed by atoms with Crippen LogP contribution in [-0.4, -0.2) is 21.0 Å². The number of rotatable bonds is 3. The van der Waals surface area contributed by atoms with Crippen LogP contribution in [0.1, 0.15) is 56.5 Å². The summed E-state index contributed by atoms with van der Waals surface area (Å²) in [4.78, 5) is 19.4. The molecule has 0 bridgehead atoms. The van der Waals surface area contributed by atoms with Gasteiger partial charge in [0.05, 0.1) is 22.6 Å². The fourth-order valence-electron chi connectivity index (χ4n) is 15.4. The minimum Gasteiger partial charge on any atom is -0.302 e. The molecule has 1 atom stereocenters. The Hall–Kier alpha value is -9.77. The minimum absolute atomic E-state index is 0.140. The summed E-state index contributed by atoms with van der Waals surface area (Å²) in [5.74, 6) is 1.94. The van der Waals surface area contributed by atoms with E-state index in [2.05, 4.69) is 254 Å². The molecule has 12 aromatic rings. The molecule has 0 saturated carbocycles. The predicted molar refractivity (Wildman–Crippen MR) is 312 cm³/mol. The van der Waals surface area contributed by atoms with Crippen LogP contribution in [0.15, 0.2) is 254 Å². The highest BCUT2D eigenvalue weighted by Gasteiger charge is 2.57.